The standard InChI is InChI=1S/C18H24O5/c1-12-14(11-22-17(20)18(2,3)4)23-16(15(12)19)21-10-13-8-6-5-7-9-13/h5-9,14-16,19H,1,10-11H2,2-4H3/t14-,15-,16?/m1/s1. The highest BCUT2D eigenvalue weighted by molar-refractivity contribution is 5.75. The molecule has 0 spiro atoms. The van der Waals surface area contributed by atoms with Crippen molar-refractivity contribution in [3.8, 4) is 0 Å². The third-order valence-electron chi connectivity index (χ3n) is 3.58. The van der Waals surface area contributed by atoms with Gasteiger partial charge in [-0.25, -0.2) is 0 Å². The molecule has 126 valence electrons. The zero-order valence-corrected chi connectivity index (χ0v) is 13.8. The molecule has 3 atom stereocenters. The Kier molecular flexibility index (Phi) is 5.57. The minimum atomic E-state index is -0.933. The Hall–Kier alpha value is -1.69. The van der Waals surface area contributed by atoms with Gasteiger partial charge in [0.05, 0.1) is 12.0 Å². The Morgan fingerprint density at radius 1 is 1.30 bits per heavy atom. The van der Waals surface area contributed by atoms with Gasteiger partial charge in [0.1, 0.15) is 18.8 Å². The summed E-state index contributed by atoms with van der Waals surface area (Å²) >= 11 is 0. The van der Waals surface area contributed by atoms with E-state index in [0.29, 0.717) is 12.2 Å². The molecule has 1 unspecified atom stereocenters. The van der Waals surface area contributed by atoms with Crippen LogP contribution in [-0.4, -0.2) is 36.2 Å². The van der Waals surface area contributed by atoms with Crippen LogP contribution in [0.15, 0.2) is 42.5 Å². The third kappa shape index (κ3) is 4.64. The lowest BCUT2D eigenvalue weighted by Gasteiger charge is -2.19. The second-order valence-corrected chi connectivity index (χ2v) is 6.66. The molecule has 5 nitrogen and oxygen atoms in total. The summed E-state index contributed by atoms with van der Waals surface area (Å²) in [6.07, 6.45) is -2.30. The minimum Gasteiger partial charge on any atom is -0.462 e. The van der Waals surface area contributed by atoms with Crippen LogP contribution in [0.3, 0.4) is 0 Å². The fourth-order valence-electron chi connectivity index (χ4n) is 2.09. The van der Waals surface area contributed by atoms with Crippen LogP contribution in [-0.2, 0) is 25.6 Å². The molecular weight excluding hydrogens is 296 g/mol. The Balaban J connectivity index is 1.86. The number of aliphatic hydroxyl groups is 1. The molecule has 1 saturated heterocycles. The van der Waals surface area contributed by atoms with Crippen molar-refractivity contribution in [3.63, 3.8) is 0 Å². The lowest BCUT2D eigenvalue weighted by Crippen LogP contribution is -2.28. The summed E-state index contributed by atoms with van der Waals surface area (Å²) in [5.74, 6) is -0.322. The highest BCUT2D eigenvalue weighted by Crippen LogP contribution is 2.27. The summed E-state index contributed by atoms with van der Waals surface area (Å²) < 4.78 is 16.5. The first-order valence-electron chi connectivity index (χ1n) is 7.64. The molecule has 1 aromatic rings. The number of ether oxygens (including phenoxy) is 3. The van der Waals surface area contributed by atoms with Crippen LogP contribution in [0.4, 0.5) is 0 Å². The van der Waals surface area contributed by atoms with E-state index in [4.69, 9.17) is 14.2 Å². The lowest BCUT2D eigenvalue weighted by molar-refractivity contribution is -0.182. The second-order valence-electron chi connectivity index (χ2n) is 6.66. The summed E-state index contributed by atoms with van der Waals surface area (Å²) in [6.45, 7) is 9.50. The normalized spacial score (nSPS) is 24.7. The van der Waals surface area contributed by atoms with Gasteiger partial charge >= 0.3 is 5.97 Å². The van der Waals surface area contributed by atoms with E-state index in [0.717, 1.165) is 5.56 Å². The molecule has 1 N–H and O–H groups in total. The maximum atomic E-state index is 11.8. The van der Waals surface area contributed by atoms with E-state index in [2.05, 4.69) is 6.58 Å². The van der Waals surface area contributed by atoms with Gasteiger partial charge in [0.2, 0.25) is 0 Å². The van der Waals surface area contributed by atoms with Crippen molar-refractivity contribution in [2.24, 2.45) is 5.41 Å². The molecule has 2 rings (SSSR count). The summed E-state index contributed by atoms with van der Waals surface area (Å²) in [5.41, 5.74) is 0.864. The zero-order chi connectivity index (χ0) is 17.0. The number of rotatable bonds is 5. The summed E-state index contributed by atoms with van der Waals surface area (Å²) in [4.78, 5) is 11.8. The van der Waals surface area contributed by atoms with Gasteiger partial charge in [-0.1, -0.05) is 36.9 Å². The van der Waals surface area contributed by atoms with Gasteiger partial charge < -0.3 is 19.3 Å². The molecule has 5 heteroatoms. The zero-order valence-electron chi connectivity index (χ0n) is 13.8. The molecule has 0 amide bonds. The van der Waals surface area contributed by atoms with E-state index in [1.165, 1.54) is 0 Å². The predicted molar refractivity (Wildman–Crippen MR) is 85.5 cm³/mol. The molecule has 0 saturated carbocycles. The first-order valence-corrected chi connectivity index (χ1v) is 7.64. The van der Waals surface area contributed by atoms with Gasteiger partial charge in [-0.3, -0.25) is 4.79 Å². The monoisotopic (exact) mass is 320 g/mol. The number of carbonyl (C=O) groups excluding carboxylic acids is 1. The molecule has 0 radical (unpaired) electrons. The van der Waals surface area contributed by atoms with Crippen molar-refractivity contribution in [3.05, 3.63) is 48.0 Å². The first-order chi connectivity index (χ1) is 10.8. The number of esters is 1. The van der Waals surface area contributed by atoms with Crippen molar-refractivity contribution in [1.29, 1.82) is 0 Å². The Bertz CT molecular complexity index is 546. The molecule has 1 aromatic carbocycles. The topological polar surface area (TPSA) is 65.0 Å². The summed E-state index contributed by atoms with van der Waals surface area (Å²) in [7, 11) is 0. The number of carbonyl (C=O) groups is 1. The van der Waals surface area contributed by atoms with Gasteiger partial charge in [-0.15, -0.1) is 0 Å². The number of aliphatic hydroxyl groups excluding tert-OH is 1. The van der Waals surface area contributed by atoms with Crippen LogP contribution in [0.5, 0.6) is 0 Å². The minimum absolute atomic E-state index is 0.0250. The molecule has 1 heterocycles. The SMILES string of the molecule is C=C1[C@@H](O)C(OCc2ccccc2)O[C@@H]1COC(=O)C(C)(C)C. The highest BCUT2D eigenvalue weighted by Gasteiger charge is 2.39. The van der Waals surface area contributed by atoms with E-state index in [1.807, 2.05) is 30.3 Å². The quantitative estimate of drug-likeness (QED) is 0.667. The van der Waals surface area contributed by atoms with Gasteiger partial charge in [-0.2, -0.15) is 0 Å². The molecule has 0 aromatic heterocycles. The third-order valence-corrected chi connectivity index (χ3v) is 3.58. The van der Waals surface area contributed by atoms with Crippen LogP contribution in [0.1, 0.15) is 26.3 Å². The molecule has 1 fully saturated rings. The average molecular weight is 320 g/mol. The molecule has 1 aliphatic heterocycles. The highest BCUT2D eigenvalue weighted by atomic mass is 16.7. The number of benzene rings is 1. The molecule has 1 aliphatic rings. The predicted octanol–water partition coefficient (Wildman–Crippen LogP) is 2.43. The van der Waals surface area contributed by atoms with E-state index in [9.17, 15) is 9.90 Å². The Labute approximate surface area is 136 Å². The van der Waals surface area contributed by atoms with E-state index in [-0.39, 0.29) is 12.6 Å². The van der Waals surface area contributed by atoms with Gasteiger partial charge in [-0.05, 0) is 31.9 Å². The van der Waals surface area contributed by atoms with Crippen LogP contribution < -0.4 is 0 Å². The molecule has 0 aliphatic carbocycles. The van der Waals surface area contributed by atoms with Crippen LogP contribution >= 0.6 is 0 Å². The van der Waals surface area contributed by atoms with Gasteiger partial charge in [0.15, 0.2) is 6.29 Å². The number of hydrogen-bond acceptors (Lipinski definition) is 5. The second kappa shape index (κ2) is 7.25. The number of hydrogen-bond donors (Lipinski definition) is 1. The largest absolute Gasteiger partial charge is 0.462 e. The van der Waals surface area contributed by atoms with E-state index >= 15 is 0 Å². The van der Waals surface area contributed by atoms with E-state index in [1.54, 1.807) is 20.8 Å². The molecule has 23 heavy (non-hydrogen) atoms. The van der Waals surface area contributed by atoms with Crippen LogP contribution in [0.2, 0.25) is 0 Å². The van der Waals surface area contributed by atoms with Gasteiger partial charge in [0.25, 0.3) is 0 Å². The van der Waals surface area contributed by atoms with Crippen molar-refractivity contribution >= 4 is 5.97 Å². The smallest absolute Gasteiger partial charge is 0.311 e. The summed E-state index contributed by atoms with van der Waals surface area (Å²) in [6, 6.07) is 9.61. The van der Waals surface area contributed by atoms with Crippen molar-refractivity contribution in [2.75, 3.05) is 6.61 Å². The maximum Gasteiger partial charge on any atom is 0.311 e. The fraction of sp³-hybridized carbons (Fsp3) is 0.500. The van der Waals surface area contributed by atoms with Crippen molar-refractivity contribution in [2.45, 2.75) is 45.9 Å². The first kappa shape index (κ1) is 17.7. The lowest BCUT2D eigenvalue weighted by atomic mass is 9.97. The fourth-order valence-corrected chi connectivity index (χ4v) is 2.09. The Morgan fingerprint density at radius 3 is 2.57 bits per heavy atom. The average Bonchev–Trinajstić information content (AvgIpc) is 2.78. The van der Waals surface area contributed by atoms with Gasteiger partial charge in [0, 0.05) is 0 Å². The van der Waals surface area contributed by atoms with Crippen molar-refractivity contribution in [1.82, 2.24) is 0 Å². The van der Waals surface area contributed by atoms with E-state index < -0.39 is 23.9 Å². The maximum absolute atomic E-state index is 11.8. The molecular formula is C18H24O5. The Morgan fingerprint density at radius 2 is 1.96 bits per heavy atom. The van der Waals surface area contributed by atoms with Crippen molar-refractivity contribution < 1.29 is 24.1 Å². The molecule has 0 bridgehead atoms. The van der Waals surface area contributed by atoms with Crippen LogP contribution in [0.25, 0.3) is 0 Å². The van der Waals surface area contributed by atoms with Crippen LogP contribution in [0, 0.1) is 5.41 Å². The summed E-state index contributed by atoms with van der Waals surface area (Å²) in [5, 5.41) is 10.1.